The second-order valence-electron chi connectivity index (χ2n) is 9.82. The highest BCUT2D eigenvalue weighted by Crippen LogP contribution is 2.33. The molecule has 0 spiro atoms. The van der Waals surface area contributed by atoms with Gasteiger partial charge >= 0.3 is 0 Å². The van der Waals surface area contributed by atoms with Gasteiger partial charge in [-0.1, -0.05) is 36.8 Å². The molecule has 2 fully saturated rings. The number of aromatic nitrogens is 2. The van der Waals surface area contributed by atoms with Crippen molar-refractivity contribution in [3.63, 3.8) is 0 Å². The second-order valence-corrected chi connectivity index (χ2v) is 12.9. The minimum Gasteiger partial charge on any atom is -0.341 e. The number of hydrogen-bond acceptors (Lipinski definition) is 6. The molecular formula is C26H32N4O4S2. The topological polar surface area (TPSA) is 92.6 Å². The van der Waals surface area contributed by atoms with Crippen molar-refractivity contribution in [3.05, 3.63) is 57.5 Å². The fraction of sp³-hybridized carbons (Fsp3) is 0.500. The van der Waals surface area contributed by atoms with E-state index >= 15 is 0 Å². The summed E-state index contributed by atoms with van der Waals surface area (Å²) in [7, 11) is -3.80. The van der Waals surface area contributed by atoms with Gasteiger partial charge in [0.25, 0.3) is 5.56 Å². The van der Waals surface area contributed by atoms with Crippen LogP contribution in [0.3, 0.4) is 0 Å². The average molecular weight is 529 g/mol. The number of fused-ring (bicyclic) bond motifs is 1. The molecule has 0 aliphatic carbocycles. The highest BCUT2D eigenvalue weighted by molar-refractivity contribution is 7.89. The number of sulfonamides is 1. The van der Waals surface area contributed by atoms with Gasteiger partial charge in [0.2, 0.25) is 15.9 Å². The Bertz CT molecular complexity index is 1400. The summed E-state index contributed by atoms with van der Waals surface area (Å²) in [5.74, 6) is 0.400. The largest absolute Gasteiger partial charge is 0.341 e. The van der Waals surface area contributed by atoms with Crippen molar-refractivity contribution < 1.29 is 13.2 Å². The minimum absolute atomic E-state index is 0.0606. The molecule has 2 aliphatic heterocycles. The third-order valence-corrected chi connectivity index (χ3v) is 10.6. The van der Waals surface area contributed by atoms with Gasteiger partial charge in [0.05, 0.1) is 11.7 Å². The van der Waals surface area contributed by atoms with Crippen LogP contribution >= 0.6 is 11.3 Å². The number of aryl methyl sites for hydroxylation is 1. The number of carbonyl (C=O) groups is 1. The van der Waals surface area contributed by atoms with E-state index in [0.717, 1.165) is 38.5 Å². The fourth-order valence-corrected chi connectivity index (χ4v) is 8.53. The van der Waals surface area contributed by atoms with Gasteiger partial charge in [-0.05, 0) is 50.5 Å². The fourth-order valence-electron chi connectivity index (χ4n) is 5.35. The SMILES string of the molecule is Cc1sc2ncn(CC(=O)N3CCC(Cc4ccccc4)CC3)c(=O)c2c1S(=O)(=O)N1CCCCC1. The molecule has 2 aliphatic rings. The minimum atomic E-state index is -3.80. The molecule has 3 aromatic rings. The second kappa shape index (κ2) is 10.4. The van der Waals surface area contributed by atoms with Crippen molar-refractivity contribution in [2.75, 3.05) is 26.2 Å². The van der Waals surface area contributed by atoms with E-state index < -0.39 is 15.6 Å². The molecule has 0 radical (unpaired) electrons. The molecule has 0 bridgehead atoms. The predicted octanol–water partition coefficient (Wildman–Crippen LogP) is 3.42. The number of carbonyl (C=O) groups excluding carboxylic acids is 1. The summed E-state index contributed by atoms with van der Waals surface area (Å²) >= 11 is 1.21. The molecular weight excluding hydrogens is 496 g/mol. The molecule has 192 valence electrons. The van der Waals surface area contributed by atoms with Gasteiger partial charge in [-0.15, -0.1) is 11.3 Å². The first-order valence-electron chi connectivity index (χ1n) is 12.6. The summed E-state index contributed by atoms with van der Waals surface area (Å²) < 4.78 is 29.7. The van der Waals surface area contributed by atoms with Gasteiger partial charge in [-0.2, -0.15) is 4.31 Å². The first kappa shape index (κ1) is 25.1. The maximum absolute atomic E-state index is 13.5. The number of benzene rings is 1. The lowest BCUT2D eigenvalue weighted by Crippen LogP contribution is -2.42. The number of rotatable bonds is 6. The molecule has 2 saturated heterocycles. The number of hydrogen-bond donors (Lipinski definition) is 0. The molecule has 8 nitrogen and oxygen atoms in total. The van der Waals surface area contributed by atoms with Gasteiger partial charge in [0.15, 0.2) is 0 Å². The molecule has 0 unspecified atom stereocenters. The molecule has 4 heterocycles. The quantitative estimate of drug-likeness (QED) is 0.489. The van der Waals surface area contributed by atoms with Crippen LogP contribution in [0.25, 0.3) is 10.2 Å². The van der Waals surface area contributed by atoms with E-state index in [1.54, 1.807) is 6.92 Å². The van der Waals surface area contributed by atoms with Crippen molar-refractivity contribution in [1.82, 2.24) is 18.8 Å². The smallest absolute Gasteiger partial charge is 0.263 e. The van der Waals surface area contributed by atoms with E-state index in [1.165, 1.54) is 32.1 Å². The lowest BCUT2D eigenvalue weighted by molar-refractivity contribution is -0.133. The Morgan fingerprint density at radius 3 is 2.44 bits per heavy atom. The van der Waals surface area contributed by atoms with Crippen LogP contribution in [0.15, 0.2) is 46.3 Å². The molecule has 2 aromatic heterocycles. The highest BCUT2D eigenvalue weighted by Gasteiger charge is 2.33. The lowest BCUT2D eigenvalue weighted by atomic mass is 9.90. The van der Waals surface area contributed by atoms with Gasteiger partial charge in [0, 0.05) is 31.1 Å². The monoisotopic (exact) mass is 528 g/mol. The molecule has 10 heteroatoms. The molecule has 0 N–H and O–H groups in total. The summed E-state index contributed by atoms with van der Waals surface area (Å²) in [5, 5.41) is 0.111. The van der Waals surface area contributed by atoms with E-state index in [2.05, 4.69) is 29.2 Å². The van der Waals surface area contributed by atoms with E-state index in [9.17, 15) is 18.0 Å². The zero-order valence-corrected chi connectivity index (χ0v) is 22.2. The Labute approximate surface area is 215 Å². The standard InChI is InChI=1S/C26H32N4O4S2/c1-19-24(36(33,34)30-12-6-3-7-13-30)23-25(35-19)27-18-29(26(23)32)17-22(31)28-14-10-21(11-15-28)16-20-8-4-2-5-9-20/h2,4-5,8-9,18,21H,3,6-7,10-17H2,1H3. The van der Waals surface area contributed by atoms with Gasteiger partial charge in [-0.25, -0.2) is 13.4 Å². The highest BCUT2D eigenvalue weighted by atomic mass is 32.2. The number of amides is 1. The summed E-state index contributed by atoms with van der Waals surface area (Å²) in [5.41, 5.74) is 0.849. The predicted molar refractivity (Wildman–Crippen MR) is 141 cm³/mol. The number of nitrogens with zero attached hydrogens (tertiary/aromatic N) is 4. The molecule has 5 rings (SSSR count). The average Bonchev–Trinajstić information content (AvgIpc) is 3.24. The zero-order chi connectivity index (χ0) is 25.3. The first-order valence-corrected chi connectivity index (χ1v) is 14.9. The van der Waals surface area contributed by atoms with E-state index in [-0.39, 0.29) is 22.7 Å². The van der Waals surface area contributed by atoms with Crippen LogP contribution in [0.4, 0.5) is 0 Å². The van der Waals surface area contributed by atoms with Gasteiger partial charge in [-0.3, -0.25) is 14.2 Å². The van der Waals surface area contributed by atoms with Crippen LogP contribution in [-0.2, 0) is 27.8 Å². The van der Waals surface area contributed by atoms with Crippen molar-refractivity contribution in [1.29, 1.82) is 0 Å². The van der Waals surface area contributed by atoms with E-state index in [0.29, 0.717) is 41.8 Å². The Balaban J connectivity index is 1.32. The van der Waals surface area contributed by atoms with Crippen molar-refractivity contribution >= 4 is 37.5 Å². The summed E-state index contributed by atoms with van der Waals surface area (Å²) in [6, 6.07) is 10.4. The zero-order valence-electron chi connectivity index (χ0n) is 20.6. The Morgan fingerprint density at radius 1 is 1.06 bits per heavy atom. The normalized spacial score (nSPS) is 18.1. The van der Waals surface area contributed by atoms with Crippen LogP contribution in [0.2, 0.25) is 0 Å². The Kier molecular flexibility index (Phi) is 7.28. The number of likely N-dealkylation sites (tertiary alicyclic amines) is 1. The molecule has 0 atom stereocenters. The maximum atomic E-state index is 13.5. The Morgan fingerprint density at radius 2 is 1.75 bits per heavy atom. The molecule has 1 aromatic carbocycles. The van der Waals surface area contributed by atoms with Crippen LogP contribution in [0, 0.1) is 12.8 Å². The van der Waals surface area contributed by atoms with Crippen molar-refractivity contribution in [2.45, 2.75) is 56.9 Å². The molecule has 36 heavy (non-hydrogen) atoms. The van der Waals surface area contributed by atoms with E-state index in [4.69, 9.17) is 0 Å². The van der Waals surface area contributed by atoms with Gasteiger partial charge in [0.1, 0.15) is 16.3 Å². The van der Waals surface area contributed by atoms with Crippen molar-refractivity contribution in [2.24, 2.45) is 5.92 Å². The molecule has 0 saturated carbocycles. The number of piperidine rings is 2. The van der Waals surface area contributed by atoms with Crippen LogP contribution < -0.4 is 5.56 Å². The third-order valence-electron chi connectivity index (χ3n) is 7.35. The van der Waals surface area contributed by atoms with Crippen LogP contribution in [-0.4, -0.2) is 59.3 Å². The van der Waals surface area contributed by atoms with Crippen molar-refractivity contribution in [3.8, 4) is 0 Å². The first-order chi connectivity index (χ1) is 17.3. The third kappa shape index (κ3) is 4.99. The lowest BCUT2D eigenvalue weighted by Gasteiger charge is -2.32. The van der Waals surface area contributed by atoms with Crippen LogP contribution in [0.1, 0.15) is 42.5 Å². The summed E-state index contributed by atoms with van der Waals surface area (Å²) in [6.07, 6.45) is 6.88. The molecule has 1 amide bonds. The summed E-state index contributed by atoms with van der Waals surface area (Å²) in [4.78, 5) is 33.7. The number of thiophene rings is 1. The maximum Gasteiger partial charge on any atom is 0.263 e. The Hall–Kier alpha value is -2.56. The van der Waals surface area contributed by atoms with Crippen LogP contribution in [0.5, 0.6) is 0 Å². The van der Waals surface area contributed by atoms with Gasteiger partial charge < -0.3 is 4.90 Å². The summed E-state index contributed by atoms with van der Waals surface area (Å²) in [6.45, 7) is 3.83. The van der Waals surface area contributed by atoms with E-state index in [1.807, 2.05) is 11.0 Å².